The summed E-state index contributed by atoms with van der Waals surface area (Å²) in [4.78, 5) is 29.3. The minimum absolute atomic E-state index is 0.00797. The molecule has 142 valence electrons. The van der Waals surface area contributed by atoms with Crippen LogP contribution in [0.4, 0.5) is 5.69 Å². The zero-order valence-corrected chi connectivity index (χ0v) is 17.0. The SMILES string of the molecule is COc1ccc(C(=O)Nc2cccc(C(=O)N3CCN(C)CC3)c2)cc1Br. The number of carbonyl (C=O) groups excluding carboxylic acids is 2. The Balaban J connectivity index is 1.71. The molecule has 3 rings (SSSR count). The van der Waals surface area contributed by atoms with E-state index in [0.29, 0.717) is 40.1 Å². The van der Waals surface area contributed by atoms with E-state index in [0.717, 1.165) is 13.1 Å². The molecule has 0 atom stereocenters. The Labute approximate surface area is 167 Å². The minimum atomic E-state index is -0.248. The van der Waals surface area contributed by atoms with Crippen LogP contribution in [-0.4, -0.2) is 62.0 Å². The van der Waals surface area contributed by atoms with Crippen LogP contribution in [0.15, 0.2) is 46.9 Å². The molecular weight excluding hydrogens is 410 g/mol. The minimum Gasteiger partial charge on any atom is -0.496 e. The molecule has 0 bridgehead atoms. The molecule has 27 heavy (non-hydrogen) atoms. The number of benzene rings is 2. The number of piperazine rings is 1. The fourth-order valence-electron chi connectivity index (χ4n) is 2.93. The second-order valence-corrected chi connectivity index (χ2v) is 7.33. The second-order valence-electron chi connectivity index (χ2n) is 6.48. The normalized spacial score (nSPS) is 14.7. The van der Waals surface area contributed by atoms with Crippen molar-refractivity contribution in [2.24, 2.45) is 0 Å². The van der Waals surface area contributed by atoms with Crippen LogP contribution in [0.1, 0.15) is 20.7 Å². The Morgan fingerprint density at radius 3 is 2.44 bits per heavy atom. The standard InChI is InChI=1S/C20H22BrN3O3/c1-23-8-10-24(11-9-23)20(26)15-4-3-5-16(12-15)22-19(25)14-6-7-18(27-2)17(21)13-14/h3-7,12-13H,8-11H2,1-2H3,(H,22,25). The van der Waals surface area contributed by atoms with Gasteiger partial charge in [0.2, 0.25) is 0 Å². The van der Waals surface area contributed by atoms with Crippen molar-refractivity contribution in [2.45, 2.75) is 0 Å². The molecular formula is C20H22BrN3O3. The maximum absolute atomic E-state index is 12.7. The number of nitrogens with zero attached hydrogens (tertiary/aromatic N) is 2. The van der Waals surface area contributed by atoms with E-state index >= 15 is 0 Å². The zero-order chi connectivity index (χ0) is 19.4. The van der Waals surface area contributed by atoms with E-state index in [1.807, 2.05) is 4.90 Å². The molecule has 6 nitrogen and oxygen atoms in total. The third-order valence-electron chi connectivity index (χ3n) is 4.57. The van der Waals surface area contributed by atoms with Gasteiger partial charge in [0.1, 0.15) is 5.75 Å². The molecule has 7 heteroatoms. The summed E-state index contributed by atoms with van der Waals surface area (Å²) in [6.07, 6.45) is 0. The lowest BCUT2D eigenvalue weighted by atomic mass is 10.1. The van der Waals surface area contributed by atoms with Gasteiger partial charge in [-0.15, -0.1) is 0 Å². The molecule has 1 heterocycles. The van der Waals surface area contributed by atoms with Gasteiger partial charge >= 0.3 is 0 Å². The zero-order valence-electron chi connectivity index (χ0n) is 15.4. The van der Waals surface area contributed by atoms with Crippen molar-refractivity contribution in [2.75, 3.05) is 45.7 Å². The molecule has 1 N–H and O–H groups in total. The first-order valence-corrected chi connectivity index (χ1v) is 9.50. The summed E-state index contributed by atoms with van der Waals surface area (Å²) in [5, 5.41) is 2.85. The Hall–Kier alpha value is -2.38. The number of methoxy groups -OCH3 is 1. The van der Waals surface area contributed by atoms with E-state index in [9.17, 15) is 9.59 Å². The fraction of sp³-hybridized carbons (Fsp3) is 0.300. The van der Waals surface area contributed by atoms with Gasteiger partial charge in [0.15, 0.2) is 0 Å². The summed E-state index contributed by atoms with van der Waals surface area (Å²) in [6.45, 7) is 3.17. The van der Waals surface area contributed by atoms with Gasteiger partial charge in [-0.2, -0.15) is 0 Å². The number of rotatable bonds is 4. The third-order valence-corrected chi connectivity index (χ3v) is 5.19. The van der Waals surface area contributed by atoms with Gasteiger partial charge in [-0.05, 0) is 59.4 Å². The first-order valence-electron chi connectivity index (χ1n) is 8.70. The Morgan fingerprint density at radius 1 is 1.04 bits per heavy atom. The van der Waals surface area contributed by atoms with E-state index in [1.54, 1.807) is 49.6 Å². The molecule has 2 aromatic carbocycles. The van der Waals surface area contributed by atoms with Crippen molar-refractivity contribution in [3.8, 4) is 5.75 Å². The number of anilines is 1. The molecule has 0 radical (unpaired) electrons. The van der Waals surface area contributed by atoms with Crippen molar-refractivity contribution in [1.82, 2.24) is 9.80 Å². The average molecular weight is 432 g/mol. The number of carbonyl (C=O) groups is 2. The van der Waals surface area contributed by atoms with Crippen LogP contribution in [0.3, 0.4) is 0 Å². The Bertz CT molecular complexity index is 848. The molecule has 2 amide bonds. The number of hydrogen-bond donors (Lipinski definition) is 1. The van der Waals surface area contributed by atoms with Gasteiger partial charge in [-0.1, -0.05) is 6.07 Å². The molecule has 0 aromatic heterocycles. The number of amides is 2. The van der Waals surface area contributed by atoms with Gasteiger partial charge in [-0.25, -0.2) is 0 Å². The number of ether oxygens (including phenoxy) is 1. The maximum Gasteiger partial charge on any atom is 0.255 e. The van der Waals surface area contributed by atoms with Gasteiger partial charge < -0.3 is 19.9 Å². The van der Waals surface area contributed by atoms with Gasteiger partial charge in [0.05, 0.1) is 11.6 Å². The lowest BCUT2D eigenvalue weighted by molar-refractivity contribution is 0.0664. The summed E-state index contributed by atoms with van der Waals surface area (Å²) in [7, 11) is 3.62. The van der Waals surface area contributed by atoms with E-state index < -0.39 is 0 Å². The number of halogens is 1. The highest BCUT2D eigenvalue weighted by atomic mass is 79.9. The van der Waals surface area contributed by atoms with Gasteiger partial charge in [-0.3, -0.25) is 9.59 Å². The van der Waals surface area contributed by atoms with Gasteiger partial charge in [0, 0.05) is 43.0 Å². The van der Waals surface area contributed by atoms with E-state index in [1.165, 1.54) is 0 Å². The molecule has 0 aliphatic carbocycles. The number of nitrogens with one attached hydrogen (secondary N) is 1. The molecule has 1 saturated heterocycles. The summed E-state index contributed by atoms with van der Waals surface area (Å²) in [5.74, 6) is 0.403. The first-order chi connectivity index (χ1) is 13.0. The van der Waals surface area contributed by atoms with Crippen LogP contribution in [0.5, 0.6) is 5.75 Å². The predicted molar refractivity (Wildman–Crippen MR) is 108 cm³/mol. The Morgan fingerprint density at radius 2 is 1.78 bits per heavy atom. The lowest BCUT2D eigenvalue weighted by Gasteiger charge is -2.32. The topological polar surface area (TPSA) is 61.9 Å². The fourth-order valence-corrected chi connectivity index (χ4v) is 3.47. The lowest BCUT2D eigenvalue weighted by Crippen LogP contribution is -2.47. The van der Waals surface area contributed by atoms with Crippen molar-refractivity contribution >= 4 is 33.4 Å². The van der Waals surface area contributed by atoms with Crippen molar-refractivity contribution in [3.05, 3.63) is 58.1 Å². The highest BCUT2D eigenvalue weighted by Gasteiger charge is 2.20. The molecule has 2 aromatic rings. The largest absolute Gasteiger partial charge is 0.496 e. The van der Waals surface area contributed by atoms with Crippen LogP contribution >= 0.6 is 15.9 Å². The molecule has 1 aliphatic rings. The monoisotopic (exact) mass is 431 g/mol. The van der Waals surface area contributed by atoms with E-state index in [2.05, 4.69) is 33.2 Å². The molecule has 1 aliphatic heterocycles. The van der Waals surface area contributed by atoms with Crippen LogP contribution < -0.4 is 10.1 Å². The van der Waals surface area contributed by atoms with Crippen LogP contribution in [0.25, 0.3) is 0 Å². The summed E-state index contributed by atoms with van der Waals surface area (Å²) in [5.41, 5.74) is 1.67. The molecule has 0 saturated carbocycles. The van der Waals surface area contributed by atoms with E-state index in [4.69, 9.17) is 4.74 Å². The summed E-state index contributed by atoms with van der Waals surface area (Å²) in [6, 6.07) is 12.2. The predicted octanol–water partition coefficient (Wildman–Crippen LogP) is 3.10. The highest BCUT2D eigenvalue weighted by molar-refractivity contribution is 9.10. The van der Waals surface area contributed by atoms with Crippen LogP contribution in [0.2, 0.25) is 0 Å². The highest BCUT2D eigenvalue weighted by Crippen LogP contribution is 2.26. The summed E-state index contributed by atoms with van der Waals surface area (Å²) < 4.78 is 5.89. The Kier molecular flexibility index (Phi) is 6.13. The second kappa shape index (κ2) is 8.54. The smallest absolute Gasteiger partial charge is 0.255 e. The van der Waals surface area contributed by atoms with Crippen molar-refractivity contribution in [3.63, 3.8) is 0 Å². The average Bonchev–Trinajstić information content (AvgIpc) is 2.68. The quantitative estimate of drug-likeness (QED) is 0.807. The molecule has 0 unspecified atom stereocenters. The van der Waals surface area contributed by atoms with Crippen LogP contribution in [-0.2, 0) is 0 Å². The number of hydrogen-bond acceptors (Lipinski definition) is 4. The van der Waals surface area contributed by atoms with Crippen LogP contribution in [0, 0.1) is 0 Å². The first kappa shape index (κ1) is 19.4. The van der Waals surface area contributed by atoms with Gasteiger partial charge in [0.25, 0.3) is 11.8 Å². The molecule has 0 spiro atoms. The maximum atomic E-state index is 12.7. The van der Waals surface area contributed by atoms with E-state index in [-0.39, 0.29) is 11.8 Å². The third kappa shape index (κ3) is 4.67. The molecule has 1 fully saturated rings. The number of likely N-dealkylation sites (N-methyl/N-ethyl adjacent to an activating group) is 1. The van der Waals surface area contributed by atoms with Crippen molar-refractivity contribution < 1.29 is 14.3 Å². The summed E-state index contributed by atoms with van der Waals surface area (Å²) >= 11 is 3.38. The van der Waals surface area contributed by atoms with Crippen molar-refractivity contribution in [1.29, 1.82) is 0 Å².